The second-order valence-corrected chi connectivity index (χ2v) is 8.23. The Hall–Kier alpha value is -3.60. The average Bonchev–Trinajstić information content (AvgIpc) is 3.13. The van der Waals surface area contributed by atoms with Crippen molar-refractivity contribution in [2.45, 2.75) is 38.8 Å². The maximum Gasteiger partial charge on any atom is 0.573 e. The van der Waals surface area contributed by atoms with Crippen molar-refractivity contribution in [2.24, 2.45) is 0 Å². The highest BCUT2D eigenvalue weighted by atomic mass is 19.4. The molecule has 8 nitrogen and oxygen atoms in total. The van der Waals surface area contributed by atoms with Gasteiger partial charge in [0.25, 0.3) is 5.91 Å². The number of carbonyl (C=O) groups excluding carboxylic acids is 1. The van der Waals surface area contributed by atoms with E-state index in [1.807, 2.05) is 29.7 Å². The Morgan fingerprint density at radius 2 is 1.77 bits per heavy atom. The number of para-hydroxylation sites is 1. The summed E-state index contributed by atoms with van der Waals surface area (Å²) in [7, 11) is 0. The highest BCUT2D eigenvalue weighted by Crippen LogP contribution is 2.23. The van der Waals surface area contributed by atoms with Gasteiger partial charge in [-0.15, -0.1) is 23.4 Å². The molecule has 1 amide bonds. The summed E-state index contributed by atoms with van der Waals surface area (Å²) in [5.74, 6) is 1.63. The van der Waals surface area contributed by atoms with E-state index in [4.69, 9.17) is 4.74 Å². The molecule has 3 aromatic rings. The van der Waals surface area contributed by atoms with Gasteiger partial charge in [-0.2, -0.15) is 0 Å². The van der Waals surface area contributed by atoms with Crippen LogP contribution in [-0.4, -0.2) is 51.6 Å². The summed E-state index contributed by atoms with van der Waals surface area (Å²) >= 11 is 0. The largest absolute Gasteiger partial charge is 0.573 e. The summed E-state index contributed by atoms with van der Waals surface area (Å²) in [6.45, 7) is 4.40. The van der Waals surface area contributed by atoms with Crippen molar-refractivity contribution < 1.29 is 27.4 Å². The normalized spacial score (nSPS) is 15.1. The highest BCUT2D eigenvalue weighted by molar-refractivity contribution is 5.77. The lowest BCUT2D eigenvalue weighted by atomic mass is 10.2. The molecule has 1 aliphatic rings. The Morgan fingerprint density at radius 1 is 1.03 bits per heavy atom. The van der Waals surface area contributed by atoms with Gasteiger partial charge in [0.15, 0.2) is 12.4 Å². The first-order valence-corrected chi connectivity index (χ1v) is 11.2. The number of ether oxygens (including phenoxy) is 2. The third-order valence-electron chi connectivity index (χ3n) is 5.59. The zero-order valence-electron chi connectivity index (χ0n) is 19.2. The lowest BCUT2D eigenvalue weighted by Gasteiger charge is -2.20. The number of hydrogen-bond donors (Lipinski definition) is 1. The summed E-state index contributed by atoms with van der Waals surface area (Å²) < 4.78 is 48.5. The second kappa shape index (κ2) is 10.8. The number of alkyl halides is 3. The average molecular weight is 489 g/mol. The van der Waals surface area contributed by atoms with Crippen LogP contribution in [0.15, 0.2) is 54.6 Å². The van der Waals surface area contributed by atoms with Crippen LogP contribution in [0.5, 0.6) is 11.5 Å². The van der Waals surface area contributed by atoms with Crippen LogP contribution in [0.25, 0.3) is 0 Å². The SMILES string of the molecule is CC(NC(=O)COc1ccccc1)c1nnc2n1CCN(Cc1ccc(OC(F)(F)F)cc1)CC2. The van der Waals surface area contributed by atoms with E-state index in [-0.39, 0.29) is 24.3 Å². The standard InChI is InChI=1S/C24H26F3N5O3/c1-17(28-22(33)16-34-19-5-3-2-4-6-19)23-30-29-21-11-12-31(13-14-32(21)23)15-18-7-9-20(10-8-18)35-24(25,26)27/h2-10,17H,11-16H2,1H3,(H,28,33). The molecule has 1 aliphatic heterocycles. The van der Waals surface area contributed by atoms with Crippen LogP contribution in [0, 0.1) is 0 Å². The van der Waals surface area contributed by atoms with E-state index in [2.05, 4.69) is 25.2 Å². The molecule has 0 radical (unpaired) electrons. The molecule has 1 atom stereocenters. The lowest BCUT2D eigenvalue weighted by molar-refractivity contribution is -0.274. The summed E-state index contributed by atoms with van der Waals surface area (Å²) in [5.41, 5.74) is 0.886. The van der Waals surface area contributed by atoms with Gasteiger partial charge >= 0.3 is 6.36 Å². The number of hydrogen-bond acceptors (Lipinski definition) is 6. The molecule has 1 N–H and O–H groups in total. The van der Waals surface area contributed by atoms with Crippen molar-refractivity contribution >= 4 is 5.91 Å². The molecular formula is C24H26F3N5O3. The number of carbonyl (C=O) groups is 1. The first-order chi connectivity index (χ1) is 16.8. The number of nitrogens with zero attached hydrogens (tertiary/aromatic N) is 4. The van der Waals surface area contributed by atoms with Gasteiger partial charge in [-0.05, 0) is 36.8 Å². The number of aromatic nitrogens is 3. The molecule has 0 saturated heterocycles. The molecule has 0 aliphatic carbocycles. The van der Waals surface area contributed by atoms with Crippen LogP contribution in [-0.2, 0) is 24.3 Å². The quantitative estimate of drug-likeness (QED) is 0.522. The fourth-order valence-electron chi connectivity index (χ4n) is 3.94. The van der Waals surface area contributed by atoms with Crippen molar-refractivity contribution in [3.63, 3.8) is 0 Å². The predicted molar refractivity (Wildman–Crippen MR) is 121 cm³/mol. The third kappa shape index (κ3) is 6.95. The minimum atomic E-state index is -4.70. The Bertz CT molecular complexity index is 1120. The van der Waals surface area contributed by atoms with E-state index in [1.165, 1.54) is 12.1 Å². The van der Waals surface area contributed by atoms with Gasteiger partial charge in [-0.1, -0.05) is 30.3 Å². The van der Waals surface area contributed by atoms with E-state index >= 15 is 0 Å². The molecule has 0 spiro atoms. The van der Waals surface area contributed by atoms with Crippen LogP contribution < -0.4 is 14.8 Å². The molecule has 2 heterocycles. The molecular weight excluding hydrogens is 463 g/mol. The van der Waals surface area contributed by atoms with Gasteiger partial charge in [-0.3, -0.25) is 9.69 Å². The van der Waals surface area contributed by atoms with Crippen molar-refractivity contribution in [1.82, 2.24) is 25.0 Å². The molecule has 2 aromatic carbocycles. The van der Waals surface area contributed by atoms with Gasteiger partial charge in [0.2, 0.25) is 0 Å². The monoisotopic (exact) mass is 489 g/mol. The molecule has 0 saturated carbocycles. The molecule has 1 unspecified atom stereocenters. The van der Waals surface area contributed by atoms with E-state index in [0.29, 0.717) is 37.6 Å². The van der Waals surface area contributed by atoms with Crippen LogP contribution in [0.4, 0.5) is 13.2 Å². The molecule has 1 aromatic heterocycles. The van der Waals surface area contributed by atoms with E-state index in [9.17, 15) is 18.0 Å². The Balaban J connectivity index is 1.30. The fourth-order valence-corrected chi connectivity index (χ4v) is 3.94. The van der Waals surface area contributed by atoms with E-state index < -0.39 is 6.36 Å². The molecule has 11 heteroatoms. The van der Waals surface area contributed by atoms with Gasteiger partial charge in [0.05, 0.1) is 6.04 Å². The van der Waals surface area contributed by atoms with Crippen molar-refractivity contribution in [1.29, 1.82) is 0 Å². The maximum atomic E-state index is 12.4. The maximum absolute atomic E-state index is 12.4. The number of nitrogens with one attached hydrogen (secondary N) is 1. The van der Waals surface area contributed by atoms with Gasteiger partial charge in [-0.25, -0.2) is 0 Å². The highest BCUT2D eigenvalue weighted by Gasteiger charge is 2.31. The van der Waals surface area contributed by atoms with Crippen LogP contribution in [0.1, 0.15) is 30.2 Å². The minimum absolute atomic E-state index is 0.101. The molecule has 0 bridgehead atoms. The first-order valence-electron chi connectivity index (χ1n) is 11.2. The summed E-state index contributed by atoms with van der Waals surface area (Å²) in [4.78, 5) is 14.5. The van der Waals surface area contributed by atoms with E-state index in [1.54, 1.807) is 24.3 Å². The summed E-state index contributed by atoms with van der Waals surface area (Å²) in [6.07, 6.45) is -4.04. The second-order valence-electron chi connectivity index (χ2n) is 8.23. The lowest BCUT2D eigenvalue weighted by Crippen LogP contribution is -2.33. The van der Waals surface area contributed by atoms with E-state index in [0.717, 1.165) is 17.9 Å². The van der Waals surface area contributed by atoms with Gasteiger partial charge in [0, 0.05) is 32.6 Å². The molecule has 4 rings (SSSR count). The van der Waals surface area contributed by atoms with Gasteiger partial charge in [0.1, 0.15) is 17.3 Å². The summed E-state index contributed by atoms with van der Waals surface area (Å²) in [6, 6.07) is 14.7. The fraction of sp³-hybridized carbons (Fsp3) is 0.375. The predicted octanol–water partition coefficient (Wildman–Crippen LogP) is 3.49. The molecule has 186 valence electrons. The first kappa shape index (κ1) is 24.5. The number of fused-ring (bicyclic) bond motifs is 1. The zero-order chi connectivity index (χ0) is 24.8. The Kier molecular flexibility index (Phi) is 7.54. The minimum Gasteiger partial charge on any atom is -0.484 e. The third-order valence-corrected chi connectivity index (χ3v) is 5.59. The Labute approximate surface area is 200 Å². The zero-order valence-corrected chi connectivity index (χ0v) is 19.2. The number of benzene rings is 2. The van der Waals surface area contributed by atoms with Crippen molar-refractivity contribution in [3.05, 3.63) is 71.8 Å². The van der Waals surface area contributed by atoms with Crippen molar-refractivity contribution in [3.8, 4) is 11.5 Å². The van der Waals surface area contributed by atoms with Crippen LogP contribution >= 0.6 is 0 Å². The number of amides is 1. The number of rotatable bonds is 8. The van der Waals surface area contributed by atoms with Gasteiger partial charge < -0.3 is 19.4 Å². The van der Waals surface area contributed by atoms with Crippen LogP contribution in [0.2, 0.25) is 0 Å². The molecule has 0 fully saturated rings. The molecule has 35 heavy (non-hydrogen) atoms. The Morgan fingerprint density at radius 3 is 2.49 bits per heavy atom. The topological polar surface area (TPSA) is 81.5 Å². The van der Waals surface area contributed by atoms with Crippen LogP contribution in [0.3, 0.4) is 0 Å². The van der Waals surface area contributed by atoms with Crippen molar-refractivity contribution in [2.75, 3.05) is 19.7 Å². The smallest absolute Gasteiger partial charge is 0.484 e. The summed E-state index contributed by atoms with van der Waals surface area (Å²) in [5, 5.41) is 11.5. The number of halogens is 3.